The van der Waals surface area contributed by atoms with E-state index in [1.165, 1.54) is 76.8 Å². The normalized spacial score (nSPS) is 11.2. The van der Waals surface area contributed by atoms with Crippen molar-refractivity contribution < 1.29 is 9.90 Å². The molecule has 0 saturated carbocycles. The lowest BCUT2D eigenvalue weighted by Crippen LogP contribution is -2.16. The summed E-state index contributed by atoms with van der Waals surface area (Å²) in [4.78, 5) is 11.8. The van der Waals surface area contributed by atoms with E-state index >= 15 is 0 Å². The largest absolute Gasteiger partial charge is 0.507 e. The minimum absolute atomic E-state index is 0.0752. The summed E-state index contributed by atoms with van der Waals surface area (Å²) in [7, 11) is 0. The topological polar surface area (TPSA) is 61.7 Å². The number of hydrazone groups is 1. The first-order valence-electron chi connectivity index (χ1n) is 10.9. The Hall–Kier alpha value is -1.36. The average molecular weight is 453 g/mol. The fourth-order valence-corrected chi connectivity index (χ4v) is 3.54. The van der Waals surface area contributed by atoms with Crippen LogP contribution in [0.2, 0.25) is 0 Å². The Morgan fingerprint density at radius 1 is 0.964 bits per heavy atom. The first kappa shape index (κ1) is 24.7. The number of phenolic OH excluding ortho intramolecular Hbond substituents is 1. The van der Waals surface area contributed by atoms with Crippen molar-refractivity contribution in [3.05, 3.63) is 28.2 Å². The molecule has 0 saturated heterocycles. The Labute approximate surface area is 179 Å². The van der Waals surface area contributed by atoms with Crippen LogP contribution in [0.4, 0.5) is 0 Å². The number of nitrogens with one attached hydrogen (secondary N) is 1. The van der Waals surface area contributed by atoms with Crippen molar-refractivity contribution in [2.24, 2.45) is 5.10 Å². The van der Waals surface area contributed by atoms with Gasteiger partial charge in [-0.05, 0) is 24.6 Å². The highest BCUT2D eigenvalue weighted by molar-refractivity contribution is 9.10. The van der Waals surface area contributed by atoms with E-state index in [1.807, 2.05) is 0 Å². The summed E-state index contributed by atoms with van der Waals surface area (Å²) in [5.74, 6) is 0.0616. The number of rotatable bonds is 16. The summed E-state index contributed by atoms with van der Waals surface area (Å²) < 4.78 is 0.852. The maximum atomic E-state index is 11.8. The molecular weight excluding hydrogens is 416 g/mol. The molecule has 0 aliphatic rings. The van der Waals surface area contributed by atoms with Crippen LogP contribution in [0, 0.1) is 0 Å². The first-order chi connectivity index (χ1) is 13.6. The molecule has 0 unspecified atom stereocenters. The number of nitrogens with zero attached hydrogens (tertiary/aromatic N) is 1. The zero-order valence-electron chi connectivity index (χ0n) is 17.4. The Kier molecular flexibility index (Phi) is 14.6. The van der Waals surface area contributed by atoms with Crippen LogP contribution in [0.1, 0.15) is 102 Å². The lowest BCUT2D eigenvalue weighted by Gasteiger charge is -2.03. The van der Waals surface area contributed by atoms with E-state index in [-0.39, 0.29) is 11.7 Å². The number of halogens is 1. The highest BCUT2D eigenvalue weighted by atomic mass is 79.9. The van der Waals surface area contributed by atoms with E-state index in [0.717, 1.165) is 17.3 Å². The highest BCUT2D eigenvalue weighted by Crippen LogP contribution is 2.20. The SMILES string of the molecule is CCCCCCCCCCCCCCCC(=O)NN=Cc1cc(Br)ccc1O. The van der Waals surface area contributed by atoms with Gasteiger partial charge in [0.2, 0.25) is 5.91 Å². The molecule has 0 spiro atoms. The van der Waals surface area contributed by atoms with Crippen molar-refractivity contribution in [1.82, 2.24) is 5.43 Å². The van der Waals surface area contributed by atoms with Gasteiger partial charge in [-0.1, -0.05) is 99.9 Å². The molecule has 1 aromatic rings. The fourth-order valence-electron chi connectivity index (χ4n) is 3.16. The van der Waals surface area contributed by atoms with Gasteiger partial charge in [0.25, 0.3) is 0 Å². The smallest absolute Gasteiger partial charge is 0.240 e. The molecule has 0 radical (unpaired) electrons. The van der Waals surface area contributed by atoms with Gasteiger partial charge in [-0.25, -0.2) is 5.43 Å². The predicted molar refractivity (Wildman–Crippen MR) is 122 cm³/mol. The van der Waals surface area contributed by atoms with Crippen LogP contribution in [-0.4, -0.2) is 17.2 Å². The minimum atomic E-state index is -0.0752. The zero-order valence-corrected chi connectivity index (χ0v) is 19.0. The van der Waals surface area contributed by atoms with Gasteiger partial charge in [-0.2, -0.15) is 5.10 Å². The number of hydrogen-bond donors (Lipinski definition) is 2. The summed E-state index contributed by atoms with van der Waals surface area (Å²) in [5.41, 5.74) is 3.09. The standard InChI is InChI=1S/C23H37BrN2O2/c1-2-3-4-5-6-7-8-9-10-11-12-13-14-15-23(28)26-25-19-20-18-21(24)16-17-22(20)27/h16-19,27H,2-15H2,1H3,(H,26,28). The molecule has 0 atom stereocenters. The van der Waals surface area contributed by atoms with E-state index in [9.17, 15) is 9.90 Å². The third-order valence-corrected chi connectivity index (χ3v) is 5.38. The Bertz CT molecular complexity index is 576. The Morgan fingerprint density at radius 2 is 1.50 bits per heavy atom. The summed E-state index contributed by atoms with van der Waals surface area (Å²) in [5, 5.41) is 13.6. The molecule has 28 heavy (non-hydrogen) atoms. The van der Waals surface area contributed by atoms with Gasteiger partial charge in [0.1, 0.15) is 5.75 Å². The van der Waals surface area contributed by atoms with Crippen molar-refractivity contribution >= 4 is 28.1 Å². The number of phenols is 1. The number of aromatic hydroxyl groups is 1. The highest BCUT2D eigenvalue weighted by Gasteiger charge is 2.01. The van der Waals surface area contributed by atoms with Crippen molar-refractivity contribution in [3.63, 3.8) is 0 Å². The van der Waals surface area contributed by atoms with Gasteiger partial charge < -0.3 is 5.11 Å². The van der Waals surface area contributed by atoms with Gasteiger partial charge in [-0.15, -0.1) is 0 Å². The monoisotopic (exact) mass is 452 g/mol. The lowest BCUT2D eigenvalue weighted by atomic mass is 10.0. The van der Waals surface area contributed by atoms with Gasteiger partial charge >= 0.3 is 0 Å². The van der Waals surface area contributed by atoms with E-state index in [4.69, 9.17) is 0 Å². The van der Waals surface area contributed by atoms with Crippen LogP contribution in [-0.2, 0) is 4.79 Å². The lowest BCUT2D eigenvalue weighted by molar-refractivity contribution is -0.121. The van der Waals surface area contributed by atoms with Crippen LogP contribution in [0.3, 0.4) is 0 Å². The molecular formula is C23H37BrN2O2. The number of hydrogen-bond acceptors (Lipinski definition) is 3. The fraction of sp³-hybridized carbons (Fsp3) is 0.652. The second-order valence-corrected chi connectivity index (χ2v) is 8.40. The molecule has 158 valence electrons. The Balaban J connectivity index is 1.94. The molecule has 1 rings (SSSR count). The molecule has 4 nitrogen and oxygen atoms in total. The van der Waals surface area contributed by atoms with Crippen LogP contribution in [0.5, 0.6) is 5.75 Å². The summed E-state index contributed by atoms with van der Waals surface area (Å²) in [6.45, 7) is 2.26. The van der Waals surface area contributed by atoms with Gasteiger partial charge in [0, 0.05) is 16.5 Å². The average Bonchev–Trinajstić information content (AvgIpc) is 2.68. The van der Waals surface area contributed by atoms with Crippen LogP contribution in [0.15, 0.2) is 27.8 Å². The summed E-state index contributed by atoms with van der Waals surface area (Å²) in [6, 6.07) is 5.08. The number of carbonyl (C=O) groups is 1. The van der Waals surface area contributed by atoms with E-state index < -0.39 is 0 Å². The second-order valence-electron chi connectivity index (χ2n) is 7.49. The molecule has 2 N–H and O–H groups in total. The quantitative estimate of drug-likeness (QED) is 0.160. The van der Waals surface area contributed by atoms with E-state index in [0.29, 0.717) is 12.0 Å². The van der Waals surface area contributed by atoms with E-state index in [2.05, 4.69) is 33.4 Å². The molecule has 0 heterocycles. The molecule has 5 heteroatoms. The molecule has 0 bridgehead atoms. The third kappa shape index (κ3) is 12.9. The third-order valence-electron chi connectivity index (χ3n) is 4.89. The van der Waals surface area contributed by atoms with Crippen LogP contribution >= 0.6 is 15.9 Å². The predicted octanol–water partition coefficient (Wildman–Crippen LogP) is 7.09. The molecule has 1 amide bonds. The molecule has 0 aromatic heterocycles. The zero-order chi connectivity index (χ0) is 20.5. The molecule has 0 fully saturated rings. The first-order valence-corrected chi connectivity index (χ1v) is 11.7. The number of amides is 1. The van der Waals surface area contributed by atoms with E-state index in [1.54, 1.807) is 18.2 Å². The van der Waals surface area contributed by atoms with Crippen LogP contribution < -0.4 is 5.43 Å². The van der Waals surface area contributed by atoms with Crippen molar-refractivity contribution in [2.45, 2.75) is 96.8 Å². The van der Waals surface area contributed by atoms with Gasteiger partial charge in [0.15, 0.2) is 0 Å². The number of carbonyl (C=O) groups excluding carboxylic acids is 1. The van der Waals surface area contributed by atoms with Crippen molar-refractivity contribution in [3.8, 4) is 5.75 Å². The molecule has 0 aliphatic carbocycles. The van der Waals surface area contributed by atoms with Gasteiger partial charge in [-0.3, -0.25) is 4.79 Å². The van der Waals surface area contributed by atoms with Gasteiger partial charge in [0.05, 0.1) is 6.21 Å². The molecule has 0 aliphatic heterocycles. The molecule has 1 aromatic carbocycles. The summed E-state index contributed by atoms with van der Waals surface area (Å²) >= 11 is 3.34. The van der Waals surface area contributed by atoms with Crippen molar-refractivity contribution in [2.75, 3.05) is 0 Å². The number of benzene rings is 1. The summed E-state index contributed by atoms with van der Waals surface area (Å²) in [6.07, 6.45) is 18.8. The second kappa shape index (κ2) is 16.6. The maximum absolute atomic E-state index is 11.8. The maximum Gasteiger partial charge on any atom is 0.240 e. The van der Waals surface area contributed by atoms with Crippen LogP contribution in [0.25, 0.3) is 0 Å². The number of unbranched alkanes of at least 4 members (excludes halogenated alkanes) is 12. The Morgan fingerprint density at radius 3 is 2.07 bits per heavy atom. The minimum Gasteiger partial charge on any atom is -0.507 e. The van der Waals surface area contributed by atoms with Crippen molar-refractivity contribution in [1.29, 1.82) is 0 Å².